The second-order valence-electron chi connectivity index (χ2n) is 6.07. The monoisotopic (exact) mass is 344 g/mol. The molecule has 1 aromatic carbocycles. The second-order valence-corrected chi connectivity index (χ2v) is 6.47. The summed E-state index contributed by atoms with van der Waals surface area (Å²) in [5, 5.41) is 0.737. The van der Waals surface area contributed by atoms with Crippen LogP contribution in [0, 0.1) is 0 Å². The van der Waals surface area contributed by atoms with Crippen LogP contribution in [0.1, 0.15) is 51.0 Å². The van der Waals surface area contributed by atoms with Crippen LogP contribution in [-0.4, -0.2) is 22.9 Å². The zero-order valence-electron chi connectivity index (χ0n) is 13.1. The summed E-state index contributed by atoms with van der Waals surface area (Å²) in [6.45, 7) is 2.56. The van der Waals surface area contributed by atoms with E-state index in [1.807, 2.05) is 36.1 Å². The lowest BCUT2D eigenvalue weighted by Gasteiger charge is -2.30. The fraction of sp³-hybridized carbons (Fsp3) is 0.588. The largest absolute Gasteiger partial charge is 0.335 e. The molecule has 22 heavy (non-hydrogen) atoms. The van der Waals surface area contributed by atoms with Crippen molar-refractivity contribution in [2.45, 2.75) is 64.1 Å². The molecule has 0 aromatic heterocycles. The van der Waals surface area contributed by atoms with Gasteiger partial charge in [0.05, 0.1) is 0 Å². The Morgan fingerprint density at radius 1 is 1.36 bits per heavy atom. The van der Waals surface area contributed by atoms with Crippen LogP contribution in [-0.2, 0) is 11.3 Å². The molecule has 1 aliphatic rings. The van der Waals surface area contributed by atoms with Crippen LogP contribution in [0.3, 0.4) is 0 Å². The van der Waals surface area contributed by atoms with Gasteiger partial charge >= 0.3 is 0 Å². The van der Waals surface area contributed by atoms with E-state index in [9.17, 15) is 4.79 Å². The molecule has 1 aromatic rings. The summed E-state index contributed by atoms with van der Waals surface area (Å²) in [6, 6.07) is 8.21. The Morgan fingerprint density at radius 2 is 2.00 bits per heavy atom. The first-order valence-electron chi connectivity index (χ1n) is 7.86. The highest BCUT2D eigenvalue weighted by atomic mass is 35.5. The average Bonchev–Trinajstić information content (AvgIpc) is 2.97. The Kier molecular flexibility index (Phi) is 8.23. The number of carbonyl (C=O) groups excluding carboxylic acids is 1. The highest BCUT2D eigenvalue weighted by Crippen LogP contribution is 2.27. The Labute approximate surface area is 144 Å². The summed E-state index contributed by atoms with van der Waals surface area (Å²) >= 11 is 6.25. The standard InChI is InChI=1S/C17H25ClN2O.ClH/c1-13(19)10-11-17(21)20(15-7-3-4-8-15)12-14-6-2-5-9-16(14)18;/h2,5-6,9,13,15H,3-4,7-8,10-12,19H2,1H3;1H. The Morgan fingerprint density at radius 3 is 2.59 bits per heavy atom. The molecule has 0 bridgehead atoms. The zero-order chi connectivity index (χ0) is 15.2. The number of nitrogens with two attached hydrogens (primary N) is 1. The molecule has 1 saturated carbocycles. The lowest BCUT2D eigenvalue weighted by Crippen LogP contribution is -2.38. The number of nitrogens with zero attached hydrogens (tertiary/aromatic N) is 1. The smallest absolute Gasteiger partial charge is 0.223 e. The maximum atomic E-state index is 12.6. The van der Waals surface area contributed by atoms with E-state index in [2.05, 4.69) is 0 Å². The Hall–Kier alpha value is -0.770. The van der Waals surface area contributed by atoms with Gasteiger partial charge in [0.1, 0.15) is 0 Å². The van der Waals surface area contributed by atoms with Gasteiger partial charge in [-0.3, -0.25) is 4.79 Å². The Balaban J connectivity index is 0.00000242. The maximum Gasteiger partial charge on any atom is 0.223 e. The van der Waals surface area contributed by atoms with E-state index >= 15 is 0 Å². The lowest BCUT2D eigenvalue weighted by molar-refractivity contribution is -0.134. The molecule has 1 fully saturated rings. The fourth-order valence-electron chi connectivity index (χ4n) is 2.94. The van der Waals surface area contributed by atoms with E-state index in [-0.39, 0.29) is 24.4 Å². The van der Waals surface area contributed by atoms with Crippen molar-refractivity contribution < 1.29 is 4.79 Å². The molecule has 0 radical (unpaired) electrons. The molecule has 124 valence electrons. The van der Waals surface area contributed by atoms with E-state index in [0.29, 0.717) is 19.0 Å². The van der Waals surface area contributed by atoms with Gasteiger partial charge < -0.3 is 10.6 Å². The zero-order valence-corrected chi connectivity index (χ0v) is 14.7. The number of hydrogen-bond donors (Lipinski definition) is 1. The van der Waals surface area contributed by atoms with Gasteiger partial charge in [0.2, 0.25) is 5.91 Å². The van der Waals surface area contributed by atoms with Crippen LogP contribution in [0.4, 0.5) is 0 Å². The molecule has 2 rings (SSSR count). The van der Waals surface area contributed by atoms with Crippen molar-refractivity contribution in [2.75, 3.05) is 0 Å². The predicted molar refractivity (Wildman–Crippen MR) is 94.4 cm³/mol. The molecule has 1 unspecified atom stereocenters. The van der Waals surface area contributed by atoms with Gasteiger partial charge in [-0.1, -0.05) is 42.6 Å². The number of halogens is 2. The summed E-state index contributed by atoms with van der Waals surface area (Å²) in [7, 11) is 0. The molecule has 2 N–H and O–H groups in total. The molecule has 1 aliphatic carbocycles. The van der Waals surface area contributed by atoms with Crippen LogP contribution in [0.2, 0.25) is 5.02 Å². The minimum atomic E-state index is 0. The van der Waals surface area contributed by atoms with Crippen molar-refractivity contribution in [1.29, 1.82) is 0 Å². The van der Waals surface area contributed by atoms with Gasteiger partial charge in [0, 0.05) is 30.1 Å². The van der Waals surface area contributed by atoms with Crippen LogP contribution in [0.5, 0.6) is 0 Å². The van der Waals surface area contributed by atoms with Crippen molar-refractivity contribution in [3.8, 4) is 0 Å². The molecular weight excluding hydrogens is 319 g/mol. The van der Waals surface area contributed by atoms with Gasteiger partial charge in [-0.2, -0.15) is 0 Å². The van der Waals surface area contributed by atoms with Crippen molar-refractivity contribution >= 4 is 29.9 Å². The summed E-state index contributed by atoms with van der Waals surface area (Å²) in [6.07, 6.45) is 5.90. The molecule has 0 heterocycles. The van der Waals surface area contributed by atoms with Crippen molar-refractivity contribution in [3.05, 3.63) is 34.9 Å². The van der Waals surface area contributed by atoms with Gasteiger partial charge in [0.25, 0.3) is 0 Å². The van der Waals surface area contributed by atoms with E-state index in [1.165, 1.54) is 12.8 Å². The van der Waals surface area contributed by atoms with Crippen LogP contribution in [0.15, 0.2) is 24.3 Å². The molecule has 5 heteroatoms. The molecule has 3 nitrogen and oxygen atoms in total. The number of benzene rings is 1. The maximum absolute atomic E-state index is 12.6. The molecule has 1 atom stereocenters. The van der Waals surface area contributed by atoms with Gasteiger partial charge in [0.15, 0.2) is 0 Å². The fourth-order valence-corrected chi connectivity index (χ4v) is 3.14. The third-order valence-electron chi connectivity index (χ3n) is 4.20. The van der Waals surface area contributed by atoms with Gasteiger partial charge in [-0.05, 0) is 37.8 Å². The predicted octanol–water partition coefficient (Wildman–Crippen LogP) is 4.16. The van der Waals surface area contributed by atoms with Crippen LogP contribution < -0.4 is 5.73 Å². The lowest BCUT2D eigenvalue weighted by atomic mass is 10.1. The number of amides is 1. The summed E-state index contributed by atoms with van der Waals surface area (Å²) in [4.78, 5) is 14.6. The first kappa shape index (κ1) is 19.3. The highest BCUT2D eigenvalue weighted by molar-refractivity contribution is 6.31. The third-order valence-corrected chi connectivity index (χ3v) is 4.57. The van der Waals surface area contributed by atoms with Crippen LogP contribution >= 0.6 is 24.0 Å². The molecular formula is C17H26Cl2N2O. The van der Waals surface area contributed by atoms with E-state index < -0.39 is 0 Å². The van der Waals surface area contributed by atoms with Crippen molar-refractivity contribution in [1.82, 2.24) is 4.90 Å². The average molecular weight is 345 g/mol. The first-order valence-corrected chi connectivity index (χ1v) is 8.24. The topological polar surface area (TPSA) is 46.3 Å². The van der Waals surface area contributed by atoms with Crippen LogP contribution in [0.25, 0.3) is 0 Å². The third kappa shape index (κ3) is 5.45. The minimum Gasteiger partial charge on any atom is -0.335 e. The first-order chi connectivity index (χ1) is 10.1. The van der Waals surface area contributed by atoms with Crippen molar-refractivity contribution in [3.63, 3.8) is 0 Å². The van der Waals surface area contributed by atoms with E-state index in [1.54, 1.807) is 0 Å². The quantitative estimate of drug-likeness (QED) is 0.841. The summed E-state index contributed by atoms with van der Waals surface area (Å²) in [5.74, 6) is 0.208. The molecule has 1 amide bonds. The highest BCUT2D eigenvalue weighted by Gasteiger charge is 2.27. The van der Waals surface area contributed by atoms with Gasteiger partial charge in [-0.25, -0.2) is 0 Å². The molecule has 0 aliphatic heterocycles. The number of carbonyl (C=O) groups is 1. The summed E-state index contributed by atoms with van der Waals surface area (Å²) < 4.78 is 0. The Bertz CT molecular complexity index is 473. The van der Waals surface area contributed by atoms with Crippen molar-refractivity contribution in [2.24, 2.45) is 5.73 Å². The van der Waals surface area contributed by atoms with E-state index in [0.717, 1.165) is 29.8 Å². The van der Waals surface area contributed by atoms with Gasteiger partial charge in [-0.15, -0.1) is 12.4 Å². The molecule has 0 spiro atoms. The molecule has 0 saturated heterocycles. The second kappa shape index (κ2) is 9.39. The minimum absolute atomic E-state index is 0. The number of rotatable bonds is 6. The SMILES string of the molecule is CC(N)CCC(=O)N(Cc1ccccc1Cl)C1CCCC1.Cl. The van der Waals surface area contributed by atoms with E-state index in [4.69, 9.17) is 17.3 Å². The normalized spacial score (nSPS) is 16.1. The number of hydrogen-bond acceptors (Lipinski definition) is 2. The summed E-state index contributed by atoms with van der Waals surface area (Å²) in [5.41, 5.74) is 6.81.